The molecule has 2 aromatic heterocycles. The van der Waals surface area contributed by atoms with Gasteiger partial charge in [0.1, 0.15) is 17.6 Å². The predicted octanol–water partition coefficient (Wildman–Crippen LogP) is 7.53. The van der Waals surface area contributed by atoms with Crippen molar-refractivity contribution >= 4 is 55.5 Å². The predicted molar refractivity (Wildman–Crippen MR) is 152 cm³/mol. The number of aromatic nitrogens is 4. The molecule has 39 heavy (non-hydrogen) atoms. The molecule has 4 aliphatic rings. The summed E-state index contributed by atoms with van der Waals surface area (Å²) in [5.41, 5.74) is 4.09. The van der Waals surface area contributed by atoms with Crippen molar-refractivity contribution in [3.63, 3.8) is 0 Å². The van der Waals surface area contributed by atoms with E-state index in [0.717, 1.165) is 39.0 Å². The maximum absolute atomic E-state index is 13.7. The van der Waals surface area contributed by atoms with E-state index in [-0.39, 0.29) is 10.6 Å². The first-order valence-corrected chi connectivity index (χ1v) is 14.5. The van der Waals surface area contributed by atoms with Crippen LogP contribution in [0.25, 0.3) is 10.9 Å². The van der Waals surface area contributed by atoms with Crippen molar-refractivity contribution in [2.45, 2.75) is 50.6 Å². The Morgan fingerprint density at radius 3 is 2.54 bits per heavy atom. The van der Waals surface area contributed by atoms with Crippen LogP contribution in [-0.2, 0) is 12.1 Å². The van der Waals surface area contributed by atoms with E-state index in [0.29, 0.717) is 29.0 Å². The molecule has 7 nitrogen and oxygen atoms in total. The lowest BCUT2D eigenvalue weighted by molar-refractivity contribution is -0.0502. The Bertz CT molecular complexity index is 1610. The number of hydrogen-bond donors (Lipinski definition) is 2. The van der Waals surface area contributed by atoms with Crippen molar-refractivity contribution in [1.29, 1.82) is 5.26 Å². The van der Waals surface area contributed by atoms with Gasteiger partial charge in [0.05, 0.1) is 40.1 Å². The number of nitriles is 1. The number of anilines is 3. The molecule has 0 amide bonds. The Kier molecular flexibility index (Phi) is 6.01. The molecule has 0 radical (unpaired) electrons. The molecule has 0 atom stereocenters. The van der Waals surface area contributed by atoms with Gasteiger partial charge in [0, 0.05) is 27.4 Å². The average Bonchev–Trinajstić information content (AvgIpc) is 3.39. The van der Waals surface area contributed by atoms with Gasteiger partial charge in [-0.15, -0.1) is 5.10 Å². The minimum Gasteiger partial charge on any atom is -0.379 e. The quantitative estimate of drug-likeness (QED) is 0.236. The largest absolute Gasteiger partial charge is 0.379 e. The third-order valence-electron chi connectivity index (χ3n) is 8.74. The third-order valence-corrected chi connectivity index (χ3v) is 9.63. The number of hydrogen-bond acceptors (Lipinski definition) is 6. The number of rotatable bonds is 6. The summed E-state index contributed by atoms with van der Waals surface area (Å²) in [4.78, 5) is 4.49. The fraction of sp³-hybridized carbons (Fsp3) is 0.379. The summed E-state index contributed by atoms with van der Waals surface area (Å²) in [6.07, 6.45) is 11.5. The smallest absolute Gasteiger partial charge is 0.141 e. The van der Waals surface area contributed by atoms with Crippen molar-refractivity contribution in [3.8, 4) is 6.07 Å². The maximum atomic E-state index is 13.7. The lowest BCUT2D eigenvalue weighted by Crippen LogP contribution is -2.52. The molecule has 198 valence electrons. The number of benzene rings is 2. The number of fused-ring (bicyclic) bond motifs is 1. The van der Waals surface area contributed by atoms with E-state index in [9.17, 15) is 9.65 Å². The van der Waals surface area contributed by atoms with Gasteiger partial charge in [-0.1, -0.05) is 16.8 Å². The van der Waals surface area contributed by atoms with Crippen molar-refractivity contribution in [2.24, 2.45) is 17.8 Å². The fourth-order valence-corrected chi connectivity index (χ4v) is 8.19. The molecule has 0 saturated heterocycles. The molecule has 2 heterocycles. The molecule has 2 aromatic carbocycles. The summed E-state index contributed by atoms with van der Waals surface area (Å²) in [6.45, 7) is 0.520. The first-order valence-electron chi connectivity index (χ1n) is 13.3. The third kappa shape index (κ3) is 4.44. The van der Waals surface area contributed by atoms with E-state index in [1.807, 2.05) is 12.1 Å². The Morgan fingerprint density at radius 1 is 1.10 bits per heavy atom. The molecule has 0 spiro atoms. The van der Waals surface area contributed by atoms with Gasteiger partial charge in [0.2, 0.25) is 0 Å². The number of nitrogens with zero attached hydrogens (tertiary/aromatic N) is 5. The molecule has 8 rings (SSSR count). The summed E-state index contributed by atoms with van der Waals surface area (Å²) in [5.74, 6) is 2.03. The first-order chi connectivity index (χ1) is 18.9. The van der Waals surface area contributed by atoms with Gasteiger partial charge in [0.25, 0.3) is 0 Å². The summed E-state index contributed by atoms with van der Waals surface area (Å²) < 4.78 is 16.7. The zero-order chi connectivity index (χ0) is 26.7. The second-order valence-electron chi connectivity index (χ2n) is 11.4. The highest BCUT2D eigenvalue weighted by Crippen LogP contribution is 2.58. The van der Waals surface area contributed by atoms with E-state index in [4.69, 9.17) is 11.6 Å². The van der Waals surface area contributed by atoms with Gasteiger partial charge >= 0.3 is 0 Å². The zero-order valence-electron chi connectivity index (χ0n) is 21.1. The Labute approximate surface area is 238 Å². The van der Waals surface area contributed by atoms with Crippen LogP contribution < -0.4 is 10.6 Å². The fourth-order valence-electron chi connectivity index (χ4n) is 7.45. The second-order valence-corrected chi connectivity index (χ2v) is 12.7. The van der Waals surface area contributed by atoms with Crippen LogP contribution in [0.4, 0.5) is 21.5 Å². The van der Waals surface area contributed by atoms with Crippen molar-refractivity contribution in [3.05, 3.63) is 69.3 Å². The normalized spacial score (nSPS) is 25.1. The van der Waals surface area contributed by atoms with Crippen LogP contribution in [0.15, 0.2) is 47.2 Å². The van der Waals surface area contributed by atoms with Crippen LogP contribution in [0, 0.1) is 34.9 Å². The number of pyridine rings is 1. The van der Waals surface area contributed by atoms with Crippen LogP contribution in [0.3, 0.4) is 0 Å². The molecule has 0 aliphatic heterocycles. The molecule has 10 heteroatoms. The van der Waals surface area contributed by atoms with Gasteiger partial charge < -0.3 is 10.6 Å². The van der Waals surface area contributed by atoms with Gasteiger partial charge in [-0.3, -0.25) is 4.98 Å². The van der Waals surface area contributed by atoms with E-state index in [1.165, 1.54) is 56.9 Å². The van der Waals surface area contributed by atoms with Gasteiger partial charge in [-0.25, -0.2) is 9.07 Å². The Balaban J connectivity index is 1.16. The highest BCUT2D eigenvalue weighted by Gasteiger charge is 2.52. The average molecular weight is 607 g/mol. The maximum Gasteiger partial charge on any atom is 0.141 e. The van der Waals surface area contributed by atoms with Crippen LogP contribution in [0.1, 0.15) is 49.8 Å². The molecular formula is C29H26BrClFN7. The lowest BCUT2D eigenvalue weighted by atomic mass is 9.53. The van der Waals surface area contributed by atoms with Crippen molar-refractivity contribution in [2.75, 3.05) is 10.6 Å². The van der Waals surface area contributed by atoms with Crippen LogP contribution in [0.2, 0.25) is 5.02 Å². The van der Waals surface area contributed by atoms with E-state index < -0.39 is 5.82 Å². The zero-order valence-corrected chi connectivity index (χ0v) is 23.4. The molecular weight excluding hydrogens is 581 g/mol. The molecule has 4 saturated carbocycles. The summed E-state index contributed by atoms with van der Waals surface area (Å²) in [5, 5.41) is 26.4. The first kappa shape index (κ1) is 24.8. The lowest BCUT2D eigenvalue weighted by Gasteiger charge is -2.56. The van der Waals surface area contributed by atoms with Crippen LogP contribution in [0.5, 0.6) is 0 Å². The standard InChI is InChI=1S/C29H26BrClFN7/c30-24-7-21(6-23-27(19(12-33)13-35-28(23)24)36-20-1-2-26(32)25(31)8-20)34-14-22-15-39(38-37-22)29-9-16-3-17(10-29)5-18(4-16)11-29/h1-2,6-8,13,15-18,34H,3-5,9-11,14H2,(H,35,36). The Morgan fingerprint density at radius 2 is 1.85 bits per heavy atom. The van der Waals surface area contributed by atoms with Crippen molar-refractivity contribution < 1.29 is 4.39 Å². The van der Waals surface area contributed by atoms with E-state index in [2.05, 4.69) is 58.8 Å². The van der Waals surface area contributed by atoms with Crippen molar-refractivity contribution in [1.82, 2.24) is 20.0 Å². The molecule has 4 aliphatic carbocycles. The van der Waals surface area contributed by atoms with E-state index in [1.54, 1.807) is 6.07 Å². The molecule has 4 aromatic rings. The molecule has 4 fully saturated rings. The monoisotopic (exact) mass is 605 g/mol. The number of nitrogens with one attached hydrogen (secondary N) is 2. The number of halogens is 3. The SMILES string of the molecule is N#Cc1cnc2c(Br)cc(NCc3cn(C45CC6CC(CC(C6)C4)C5)nn3)cc2c1Nc1ccc(F)c(Cl)c1. The molecule has 2 N–H and O–H groups in total. The second kappa shape index (κ2) is 9.46. The highest BCUT2D eigenvalue weighted by molar-refractivity contribution is 9.10. The summed E-state index contributed by atoms with van der Waals surface area (Å²) >= 11 is 9.63. The topological polar surface area (TPSA) is 91.5 Å². The highest BCUT2D eigenvalue weighted by atomic mass is 79.9. The summed E-state index contributed by atoms with van der Waals surface area (Å²) in [6, 6.07) is 10.5. The molecule has 0 unspecified atom stereocenters. The van der Waals surface area contributed by atoms with Crippen LogP contribution in [-0.4, -0.2) is 20.0 Å². The van der Waals surface area contributed by atoms with Crippen LogP contribution >= 0.6 is 27.5 Å². The molecule has 4 bridgehead atoms. The van der Waals surface area contributed by atoms with Gasteiger partial charge in [-0.05, 0) is 103 Å². The summed E-state index contributed by atoms with van der Waals surface area (Å²) in [7, 11) is 0. The minimum atomic E-state index is -0.503. The Hall–Kier alpha value is -3.22. The van der Waals surface area contributed by atoms with Gasteiger partial charge in [-0.2, -0.15) is 5.26 Å². The minimum absolute atomic E-state index is 0.00185. The van der Waals surface area contributed by atoms with Gasteiger partial charge in [0.15, 0.2) is 0 Å². The van der Waals surface area contributed by atoms with E-state index >= 15 is 0 Å².